The van der Waals surface area contributed by atoms with Crippen LogP contribution in [0.3, 0.4) is 0 Å². The summed E-state index contributed by atoms with van der Waals surface area (Å²) in [5, 5.41) is 12.5. The van der Waals surface area contributed by atoms with Crippen molar-refractivity contribution in [2.75, 3.05) is 19.1 Å². The molecule has 0 aliphatic carbocycles. The number of Topliss-reactive ketones (excluding diaryl/α,β-unsaturated/α-hetero) is 1. The monoisotopic (exact) mass is 496 g/mol. The Morgan fingerprint density at radius 1 is 0.919 bits per heavy atom. The van der Waals surface area contributed by atoms with Crippen molar-refractivity contribution in [1.82, 2.24) is 4.57 Å². The van der Waals surface area contributed by atoms with Gasteiger partial charge in [0.15, 0.2) is 0 Å². The number of hydrogen-bond donors (Lipinski definition) is 1. The predicted molar refractivity (Wildman–Crippen MR) is 143 cm³/mol. The second-order valence-corrected chi connectivity index (χ2v) is 9.22. The second kappa shape index (κ2) is 9.17. The number of carbonyl (C=O) groups excluding carboxylic acids is 2. The van der Waals surface area contributed by atoms with E-state index in [1.807, 2.05) is 74.1 Å². The molecule has 4 aromatic rings. The van der Waals surface area contributed by atoms with Crippen molar-refractivity contribution in [3.05, 3.63) is 94.7 Å². The Kier molecular flexibility index (Phi) is 5.99. The molecule has 2 heterocycles. The molecule has 37 heavy (non-hydrogen) atoms. The van der Waals surface area contributed by atoms with E-state index in [4.69, 9.17) is 9.47 Å². The Bertz CT molecular complexity index is 1600. The maximum absolute atomic E-state index is 13.6. The standard InChI is InChI=1S/C30H28N2O5/c1-17-10-11-19(14-18(17)2)32-27(23-16-31(3)24-9-7-6-8-21(23)24)26(29(34)30(32)35)28(33)22-15-20(36-4)12-13-25(22)37-5/h6-16,27,33H,1-5H3/b28-26+. The molecule has 188 valence electrons. The summed E-state index contributed by atoms with van der Waals surface area (Å²) in [6.45, 7) is 3.95. The highest BCUT2D eigenvalue weighted by Gasteiger charge is 2.48. The van der Waals surface area contributed by atoms with Crippen molar-refractivity contribution in [3.63, 3.8) is 0 Å². The van der Waals surface area contributed by atoms with E-state index in [2.05, 4.69) is 0 Å². The normalized spacial score (nSPS) is 17.0. The Hall–Kier alpha value is -4.52. The van der Waals surface area contributed by atoms with E-state index in [1.54, 1.807) is 18.2 Å². The first-order valence-electron chi connectivity index (χ1n) is 11.9. The fourth-order valence-corrected chi connectivity index (χ4v) is 5.00. The number of aliphatic hydroxyl groups excluding tert-OH is 1. The van der Waals surface area contributed by atoms with Gasteiger partial charge in [-0.25, -0.2) is 0 Å². The van der Waals surface area contributed by atoms with Crippen LogP contribution in [0.5, 0.6) is 11.5 Å². The zero-order chi connectivity index (χ0) is 26.4. The zero-order valence-corrected chi connectivity index (χ0v) is 21.4. The molecule has 7 heteroatoms. The van der Waals surface area contributed by atoms with Crippen LogP contribution >= 0.6 is 0 Å². The third kappa shape index (κ3) is 3.83. The summed E-state index contributed by atoms with van der Waals surface area (Å²) < 4.78 is 12.8. The fourth-order valence-electron chi connectivity index (χ4n) is 5.00. The number of benzene rings is 3. The molecule has 5 rings (SSSR count). The average molecular weight is 497 g/mol. The predicted octanol–water partition coefficient (Wildman–Crippen LogP) is 5.44. The first-order valence-corrected chi connectivity index (χ1v) is 11.9. The topological polar surface area (TPSA) is 81.0 Å². The van der Waals surface area contributed by atoms with E-state index in [0.717, 1.165) is 27.6 Å². The van der Waals surface area contributed by atoms with Gasteiger partial charge in [-0.2, -0.15) is 0 Å². The molecule has 1 saturated heterocycles. The molecule has 7 nitrogen and oxygen atoms in total. The van der Waals surface area contributed by atoms with Crippen LogP contribution in [0.2, 0.25) is 0 Å². The number of aromatic nitrogens is 1. The molecule has 1 aromatic heterocycles. The van der Waals surface area contributed by atoms with Crippen molar-refractivity contribution in [2.45, 2.75) is 19.9 Å². The smallest absolute Gasteiger partial charge is 0.300 e. The number of amides is 1. The first kappa shape index (κ1) is 24.2. The van der Waals surface area contributed by atoms with Gasteiger partial charge in [0.05, 0.1) is 31.4 Å². The molecule has 0 bridgehead atoms. The summed E-state index contributed by atoms with van der Waals surface area (Å²) in [6.07, 6.45) is 1.91. The summed E-state index contributed by atoms with van der Waals surface area (Å²) in [4.78, 5) is 28.8. The Balaban J connectivity index is 1.83. The quantitative estimate of drug-likeness (QED) is 0.226. The Morgan fingerprint density at radius 2 is 1.68 bits per heavy atom. The minimum absolute atomic E-state index is 0.00821. The van der Waals surface area contributed by atoms with Crippen LogP contribution in [-0.2, 0) is 16.6 Å². The minimum Gasteiger partial charge on any atom is -0.507 e. The highest BCUT2D eigenvalue weighted by Crippen LogP contribution is 2.46. The van der Waals surface area contributed by atoms with E-state index in [0.29, 0.717) is 17.2 Å². The van der Waals surface area contributed by atoms with Gasteiger partial charge in [0.25, 0.3) is 11.7 Å². The molecule has 1 N–H and O–H groups in total. The number of anilines is 1. The molecular formula is C30H28N2O5. The average Bonchev–Trinajstić information content (AvgIpc) is 3.38. The lowest BCUT2D eigenvalue weighted by atomic mass is 9.94. The van der Waals surface area contributed by atoms with Crippen LogP contribution in [-0.4, -0.2) is 35.6 Å². The van der Waals surface area contributed by atoms with Crippen molar-refractivity contribution in [3.8, 4) is 11.5 Å². The summed E-state index contributed by atoms with van der Waals surface area (Å²) in [6, 6.07) is 17.5. The van der Waals surface area contributed by atoms with E-state index in [-0.39, 0.29) is 16.9 Å². The SMILES string of the molecule is COc1ccc(OC)c(/C(O)=C2\C(=O)C(=O)N(c3ccc(C)c(C)c3)C2c2cn(C)c3ccccc23)c1. The van der Waals surface area contributed by atoms with Crippen LogP contribution in [0.1, 0.15) is 28.3 Å². The molecule has 1 unspecified atom stereocenters. The summed E-state index contributed by atoms with van der Waals surface area (Å²) in [7, 11) is 4.91. The van der Waals surface area contributed by atoms with Crippen LogP contribution < -0.4 is 14.4 Å². The number of para-hydroxylation sites is 1. The molecule has 1 fully saturated rings. The van der Waals surface area contributed by atoms with Crippen LogP contribution in [0.4, 0.5) is 5.69 Å². The van der Waals surface area contributed by atoms with Crippen molar-refractivity contribution in [2.24, 2.45) is 7.05 Å². The van der Waals surface area contributed by atoms with Gasteiger partial charge in [0.2, 0.25) is 0 Å². The Morgan fingerprint density at radius 3 is 2.38 bits per heavy atom. The molecule has 1 aliphatic rings. The number of ether oxygens (including phenoxy) is 2. The Labute approximate surface area is 215 Å². The molecule has 1 aliphatic heterocycles. The minimum atomic E-state index is -0.857. The molecule has 3 aromatic carbocycles. The first-order chi connectivity index (χ1) is 17.8. The van der Waals surface area contributed by atoms with Gasteiger partial charge in [-0.05, 0) is 61.4 Å². The van der Waals surface area contributed by atoms with E-state index in [1.165, 1.54) is 19.1 Å². The molecule has 1 amide bonds. The fraction of sp³-hybridized carbons (Fsp3) is 0.200. The highest BCUT2D eigenvalue weighted by atomic mass is 16.5. The number of nitrogens with zero attached hydrogens (tertiary/aromatic N) is 2. The lowest BCUT2D eigenvalue weighted by molar-refractivity contribution is -0.132. The molecule has 0 radical (unpaired) electrons. The van der Waals surface area contributed by atoms with Gasteiger partial charge in [0.1, 0.15) is 17.3 Å². The number of methoxy groups -OCH3 is 2. The zero-order valence-electron chi connectivity index (χ0n) is 21.4. The number of carbonyl (C=O) groups is 2. The van der Waals surface area contributed by atoms with Crippen LogP contribution in [0.15, 0.2) is 72.4 Å². The van der Waals surface area contributed by atoms with E-state index >= 15 is 0 Å². The number of hydrogen-bond acceptors (Lipinski definition) is 5. The van der Waals surface area contributed by atoms with Crippen molar-refractivity contribution < 1.29 is 24.2 Å². The summed E-state index contributed by atoms with van der Waals surface area (Å²) in [5.74, 6) is -0.957. The highest BCUT2D eigenvalue weighted by molar-refractivity contribution is 6.52. The summed E-state index contributed by atoms with van der Waals surface area (Å²) >= 11 is 0. The number of aliphatic hydroxyl groups is 1. The maximum Gasteiger partial charge on any atom is 0.300 e. The molecule has 0 saturated carbocycles. The molecular weight excluding hydrogens is 468 g/mol. The van der Waals surface area contributed by atoms with Gasteiger partial charge >= 0.3 is 0 Å². The van der Waals surface area contributed by atoms with Gasteiger partial charge in [-0.15, -0.1) is 0 Å². The third-order valence-electron chi connectivity index (χ3n) is 7.10. The maximum atomic E-state index is 13.6. The summed E-state index contributed by atoms with van der Waals surface area (Å²) in [5.41, 5.74) is 4.59. The number of fused-ring (bicyclic) bond motifs is 1. The molecule has 0 spiro atoms. The number of ketones is 1. The number of rotatable bonds is 5. The van der Waals surface area contributed by atoms with Gasteiger partial charge in [-0.1, -0.05) is 24.3 Å². The van der Waals surface area contributed by atoms with E-state index in [9.17, 15) is 14.7 Å². The lowest BCUT2D eigenvalue weighted by Crippen LogP contribution is -2.29. The second-order valence-electron chi connectivity index (χ2n) is 9.22. The van der Waals surface area contributed by atoms with Crippen LogP contribution in [0.25, 0.3) is 16.7 Å². The number of aryl methyl sites for hydroxylation is 3. The molecule has 1 atom stereocenters. The van der Waals surface area contributed by atoms with Crippen molar-refractivity contribution >= 4 is 34.0 Å². The third-order valence-corrected chi connectivity index (χ3v) is 7.10. The van der Waals surface area contributed by atoms with Gasteiger partial charge in [-0.3, -0.25) is 14.5 Å². The van der Waals surface area contributed by atoms with Gasteiger partial charge < -0.3 is 19.1 Å². The largest absolute Gasteiger partial charge is 0.507 e. The lowest BCUT2D eigenvalue weighted by Gasteiger charge is -2.26. The van der Waals surface area contributed by atoms with E-state index < -0.39 is 17.7 Å². The van der Waals surface area contributed by atoms with Crippen LogP contribution in [0, 0.1) is 13.8 Å². The van der Waals surface area contributed by atoms with Crippen molar-refractivity contribution in [1.29, 1.82) is 0 Å². The van der Waals surface area contributed by atoms with Gasteiger partial charge in [0, 0.05) is 35.4 Å².